The van der Waals surface area contributed by atoms with Crippen LogP contribution in [0.1, 0.15) is 12.5 Å². The highest BCUT2D eigenvalue weighted by molar-refractivity contribution is 6.35. The van der Waals surface area contributed by atoms with E-state index in [1.165, 1.54) is 0 Å². The normalized spacial score (nSPS) is 12.3. The first-order valence-corrected chi connectivity index (χ1v) is 6.25. The second-order valence-corrected chi connectivity index (χ2v) is 4.84. The van der Waals surface area contributed by atoms with E-state index >= 15 is 0 Å². The number of hydrogen-bond donors (Lipinski definition) is 1. The van der Waals surface area contributed by atoms with E-state index in [0.717, 1.165) is 0 Å². The molecule has 1 N–H and O–H groups in total. The van der Waals surface area contributed by atoms with E-state index in [0.29, 0.717) is 20.7 Å². The minimum absolute atomic E-state index is 0.00998. The fraction of sp³-hybridized carbons (Fsp3) is 0.364. The van der Waals surface area contributed by atoms with Gasteiger partial charge in [-0.15, -0.1) is 11.6 Å². The van der Waals surface area contributed by atoms with Crippen molar-refractivity contribution in [2.75, 3.05) is 5.88 Å². The van der Waals surface area contributed by atoms with Crippen molar-refractivity contribution in [3.8, 4) is 0 Å². The molecule has 6 heteroatoms. The number of benzene rings is 1. The molecule has 1 aromatic rings. The molecule has 1 aromatic carbocycles. The second kappa shape index (κ2) is 6.45. The number of carbonyl (C=O) groups excluding carboxylic acids is 1. The molecule has 94 valence electrons. The summed E-state index contributed by atoms with van der Waals surface area (Å²) in [5, 5.41) is 11.1. The summed E-state index contributed by atoms with van der Waals surface area (Å²) in [4.78, 5) is 11.6. The quantitative estimate of drug-likeness (QED) is 0.524. The Labute approximate surface area is 115 Å². The molecule has 1 rings (SSSR count). The molecule has 3 nitrogen and oxygen atoms in total. The van der Waals surface area contributed by atoms with Gasteiger partial charge in [0.1, 0.15) is 0 Å². The van der Waals surface area contributed by atoms with Crippen molar-refractivity contribution in [1.29, 1.82) is 0 Å². The molecule has 1 unspecified atom stereocenters. The van der Waals surface area contributed by atoms with Crippen LogP contribution in [0.4, 0.5) is 0 Å². The molecule has 1 atom stereocenters. The summed E-state index contributed by atoms with van der Waals surface area (Å²) in [7, 11) is 0. The zero-order chi connectivity index (χ0) is 13.0. The van der Waals surface area contributed by atoms with Crippen molar-refractivity contribution in [3.63, 3.8) is 0 Å². The Morgan fingerprint density at radius 3 is 2.65 bits per heavy atom. The fourth-order valence-electron chi connectivity index (χ4n) is 1.21. The van der Waals surface area contributed by atoms with Gasteiger partial charge in [0.15, 0.2) is 0 Å². The van der Waals surface area contributed by atoms with Crippen LogP contribution in [0.2, 0.25) is 10.0 Å². The van der Waals surface area contributed by atoms with Crippen molar-refractivity contribution >= 4 is 40.7 Å². The highest BCUT2D eigenvalue weighted by Crippen LogP contribution is 2.22. The third-order valence-corrected chi connectivity index (χ3v) is 3.29. The van der Waals surface area contributed by atoms with Gasteiger partial charge in [-0.05, 0) is 17.7 Å². The lowest BCUT2D eigenvalue weighted by molar-refractivity contribution is -0.171. The van der Waals surface area contributed by atoms with Crippen LogP contribution in [0.25, 0.3) is 0 Å². The molecule has 1 amide bonds. The van der Waals surface area contributed by atoms with Gasteiger partial charge in [-0.2, -0.15) is 0 Å². The first-order valence-electron chi connectivity index (χ1n) is 4.96. The van der Waals surface area contributed by atoms with Gasteiger partial charge < -0.3 is 0 Å². The van der Waals surface area contributed by atoms with Crippen LogP contribution in [0, 0.1) is 5.92 Å². The van der Waals surface area contributed by atoms with Crippen LogP contribution in [-0.2, 0) is 11.3 Å². The Morgan fingerprint density at radius 1 is 1.47 bits per heavy atom. The lowest BCUT2D eigenvalue weighted by Crippen LogP contribution is -2.32. The SMILES string of the molecule is CC(CCl)C(=O)N(O)Cc1ccc(Cl)cc1Cl. The third-order valence-electron chi connectivity index (χ3n) is 2.24. The zero-order valence-corrected chi connectivity index (χ0v) is 11.4. The highest BCUT2D eigenvalue weighted by atomic mass is 35.5. The summed E-state index contributed by atoms with van der Waals surface area (Å²) in [5.41, 5.74) is 0.619. The van der Waals surface area contributed by atoms with Crippen LogP contribution in [-0.4, -0.2) is 22.1 Å². The van der Waals surface area contributed by atoms with E-state index in [4.69, 9.17) is 34.8 Å². The van der Waals surface area contributed by atoms with Gasteiger partial charge in [-0.25, -0.2) is 5.06 Å². The Hall–Kier alpha value is -0.480. The van der Waals surface area contributed by atoms with E-state index < -0.39 is 11.8 Å². The number of hydroxylamine groups is 2. The molecular formula is C11H12Cl3NO2. The summed E-state index contributed by atoms with van der Waals surface area (Å²) in [5.74, 6) is -0.719. The average molecular weight is 297 g/mol. The number of carbonyl (C=O) groups is 1. The zero-order valence-electron chi connectivity index (χ0n) is 9.16. The minimum atomic E-state index is -0.439. The molecule has 0 aliphatic heterocycles. The Bertz CT molecular complexity index is 412. The number of halogens is 3. The van der Waals surface area contributed by atoms with Gasteiger partial charge in [0, 0.05) is 15.9 Å². The third kappa shape index (κ3) is 4.03. The second-order valence-electron chi connectivity index (χ2n) is 3.69. The number of amides is 1. The number of rotatable bonds is 4. The van der Waals surface area contributed by atoms with Crippen LogP contribution in [0.15, 0.2) is 18.2 Å². The molecule has 0 heterocycles. The maximum absolute atomic E-state index is 11.6. The largest absolute Gasteiger partial charge is 0.286 e. The Morgan fingerprint density at radius 2 is 2.12 bits per heavy atom. The Kier molecular flexibility index (Phi) is 5.53. The molecule has 0 bridgehead atoms. The molecule has 17 heavy (non-hydrogen) atoms. The summed E-state index contributed by atoms with van der Waals surface area (Å²) >= 11 is 17.2. The monoisotopic (exact) mass is 295 g/mol. The number of nitrogens with zero attached hydrogens (tertiary/aromatic N) is 1. The first kappa shape index (κ1) is 14.6. The summed E-state index contributed by atoms with van der Waals surface area (Å²) in [6.07, 6.45) is 0. The standard InChI is InChI=1S/C11H12Cl3NO2/c1-7(5-12)11(16)15(17)6-8-2-3-9(13)4-10(8)14/h2-4,7,17H,5-6H2,1H3. The maximum atomic E-state index is 11.6. The van der Waals surface area contributed by atoms with Crippen molar-refractivity contribution in [3.05, 3.63) is 33.8 Å². The van der Waals surface area contributed by atoms with E-state index in [1.54, 1.807) is 25.1 Å². The lowest BCUT2D eigenvalue weighted by atomic mass is 10.2. The lowest BCUT2D eigenvalue weighted by Gasteiger charge is -2.18. The van der Waals surface area contributed by atoms with Gasteiger partial charge in [0.05, 0.1) is 12.5 Å². The summed E-state index contributed by atoms with van der Waals surface area (Å²) < 4.78 is 0. The van der Waals surface area contributed by atoms with Gasteiger partial charge in [0.2, 0.25) is 5.91 Å². The molecule has 0 saturated carbocycles. The van der Waals surface area contributed by atoms with E-state index in [9.17, 15) is 10.0 Å². The molecule has 0 spiro atoms. The van der Waals surface area contributed by atoms with Gasteiger partial charge in [0.25, 0.3) is 0 Å². The Balaban J connectivity index is 2.74. The molecule has 0 aliphatic rings. The number of hydrogen-bond acceptors (Lipinski definition) is 2. The average Bonchev–Trinajstić information content (AvgIpc) is 2.30. The molecular weight excluding hydrogens is 284 g/mol. The van der Waals surface area contributed by atoms with E-state index in [-0.39, 0.29) is 12.4 Å². The van der Waals surface area contributed by atoms with Crippen molar-refractivity contribution in [2.45, 2.75) is 13.5 Å². The van der Waals surface area contributed by atoms with Crippen LogP contribution in [0.5, 0.6) is 0 Å². The van der Waals surface area contributed by atoms with Crippen molar-refractivity contribution in [1.82, 2.24) is 5.06 Å². The first-order chi connectivity index (χ1) is 7.95. The predicted molar refractivity (Wildman–Crippen MR) is 68.7 cm³/mol. The fourth-order valence-corrected chi connectivity index (χ4v) is 1.81. The molecule has 0 radical (unpaired) electrons. The molecule has 0 aromatic heterocycles. The van der Waals surface area contributed by atoms with Crippen molar-refractivity contribution in [2.24, 2.45) is 5.92 Å². The minimum Gasteiger partial charge on any atom is -0.286 e. The topological polar surface area (TPSA) is 40.5 Å². The van der Waals surface area contributed by atoms with E-state index in [1.807, 2.05) is 0 Å². The van der Waals surface area contributed by atoms with E-state index in [2.05, 4.69) is 0 Å². The van der Waals surface area contributed by atoms with Crippen molar-refractivity contribution < 1.29 is 10.0 Å². The van der Waals surface area contributed by atoms with Gasteiger partial charge in [-0.3, -0.25) is 10.0 Å². The smallest absolute Gasteiger partial charge is 0.250 e. The predicted octanol–water partition coefficient (Wildman–Crippen LogP) is 3.59. The van der Waals surface area contributed by atoms with Gasteiger partial charge >= 0.3 is 0 Å². The molecule has 0 fully saturated rings. The van der Waals surface area contributed by atoms with Crippen LogP contribution >= 0.6 is 34.8 Å². The molecule has 0 aliphatic carbocycles. The van der Waals surface area contributed by atoms with Crippen LogP contribution < -0.4 is 0 Å². The number of alkyl halides is 1. The summed E-state index contributed by atoms with van der Waals surface area (Å²) in [6, 6.07) is 4.86. The maximum Gasteiger partial charge on any atom is 0.250 e. The van der Waals surface area contributed by atoms with Crippen LogP contribution in [0.3, 0.4) is 0 Å². The van der Waals surface area contributed by atoms with Gasteiger partial charge in [-0.1, -0.05) is 36.2 Å². The molecule has 0 saturated heterocycles. The highest BCUT2D eigenvalue weighted by Gasteiger charge is 2.19. The summed E-state index contributed by atoms with van der Waals surface area (Å²) in [6.45, 7) is 1.65.